The van der Waals surface area contributed by atoms with E-state index in [-0.39, 0.29) is 0 Å². The van der Waals surface area contributed by atoms with Gasteiger partial charge in [0.25, 0.3) is 0 Å². The summed E-state index contributed by atoms with van der Waals surface area (Å²) in [5, 5.41) is 7.33. The van der Waals surface area contributed by atoms with Gasteiger partial charge in [0.05, 0.1) is 9.90 Å². The highest BCUT2D eigenvalue weighted by molar-refractivity contribution is 14.1. The average molecular weight is 376 g/mol. The first-order chi connectivity index (χ1) is 9.14. The van der Waals surface area contributed by atoms with Crippen molar-refractivity contribution in [2.45, 2.75) is 84.0 Å². The molecule has 2 nitrogen and oxygen atoms in total. The third kappa shape index (κ3) is 5.44. The Kier molecular flexibility index (Phi) is 8.03. The lowest BCUT2D eigenvalue weighted by molar-refractivity contribution is 0.364. The molecule has 1 atom stereocenters. The number of hydrogen-bond acceptors (Lipinski definition) is 1. The lowest BCUT2D eigenvalue weighted by Gasteiger charge is -2.29. The summed E-state index contributed by atoms with van der Waals surface area (Å²) >= 11 is 2.39. The standard InChI is InChI=1S/C16H29IN2/c1-4-6-8-10-12-16(3,11-9-7-5-2)14-13-18-19-15(14)17/h13H,4-12H2,1-3H3,(H,18,19). The summed E-state index contributed by atoms with van der Waals surface area (Å²) in [4.78, 5) is 0. The van der Waals surface area contributed by atoms with Gasteiger partial charge in [-0.3, -0.25) is 5.10 Å². The highest BCUT2D eigenvalue weighted by Gasteiger charge is 2.28. The van der Waals surface area contributed by atoms with Crippen LogP contribution in [-0.2, 0) is 5.41 Å². The highest BCUT2D eigenvalue weighted by Crippen LogP contribution is 2.37. The minimum absolute atomic E-state index is 0.312. The molecular weight excluding hydrogens is 347 g/mol. The Morgan fingerprint density at radius 2 is 1.63 bits per heavy atom. The van der Waals surface area contributed by atoms with E-state index in [0.717, 1.165) is 0 Å². The molecule has 0 aliphatic carbocycles. The second-order valence-corrected chi connectivity index (χ2v) is 7.00. The predicted molar refractivity (Wildman–Crippen MR) is 91.6 cm³/mol. The van der Waals surface area contributed by atoms with Crippen LogP contribution in [0.2, 0.25) is 0 Å². The van der Waals surface area contributed by atoms with Crippen molar-refractivity contribution in [1.29, 1.82) is 0 Å². The van der Waals surface area contributed by atoms with Gasteiger partial charge in [0.2, 0.25) is 0 Å². The zero-order valence-corrected chi connectivity index (χ0v) is 14.9. The Bertz CT molecular complexity index is 348. The molecule has 0 aromatic carbocycles. The molecule has 1 aromatic heterocycles. The van der Waals surface area contributed by atoms with E-state index in [1.165, 1.54) is 67.1 Å². The topological polar surface area (TPSA) is 28.7 Å². The second-order valence-electron chi connectivity index (χ2n) is 5.93. The Morgan fingerprint density at radius 3 is 2.16 bits per heavy atom. The van der Waals surface area contributed by atoms with Crippen molar-refractivity contribution in [3.8, 4) is 0 Å². The third-order valence-electron chi connectivity index (χ3n) is 4.16. The summed E-state index contributed by atoms with van der Waals surface area (Å²) in [6.45, 7) is 6.99. The number of aromatic amines is 1. The molecule has 1 rings (SSSR count). The van der Waals surface area contributed by atoms with Gasteiger partial charge in [-0.15, -0.1) is 0 Å². The van der Waals surface area contributed by atoms with Crippen LogP contribution < -0.4 is 0 Å². The van der Waals surface area contributed by atoms with Crippen molar-refractivity contribution in [2.75, 3.05) is 0 Å². The van der Waals surface area contributed by atoms with Gasteiger partial charge in [-0.25, -0.2) is 0 Å². The zero-order valence-electron chi connectivity index (χ0n) is 12.8. The lowest BCUT2D eigenvalue weighted by atomic mass is 9.75. The molecule has 0 saturated carbocycles. The monoisotopic (exact) mass is 376 g/mol. The first-order valence-electron chi connectivity index (χ1n) is 7.83. The Morgan fingerprint density at radius 1 is 1.05 bits per heavy atom. The lowest BCUT2D eigenvalue weighted by Crippen LogP contribution is -2.22. The maximum Gasteiger partial charge on any atom is 0.0994 e. The molecule has 0 amide bonds. The first kappa shape index (κ1) is 17.0. The van der Waals surface area contributed by atoms with Gasteiger partial charge in [-0.2, -0.15) is 5.10 Å². The van der Waals surface area contributed by atoms with Crippen molar-refractivity contribution in [1.82, 2.24) is 10.2 Å². The summed E-state index contributed by atoms with van der Waals surface area (Å²) in [5.41, 5.74) is 1.74. The van der Waals surface area contributed by atoms with Gasteiger partial charge in [0, 0.05) is 5.56 Å². The van der Waals surface area contributed by atoms with Crippen LogP contribution in [0, 0.1) is 3.70 Å². The molecule has 0 bridgehead atoms. The second kappa shape index (κ2) is 8.98. The van der Waals surface area contributed by atoms with Crippen LogP contribution in [0.4, 0.5) is 0 Å². The normalized spacial score (nSPS) is 14.5. The average Bonchev–Trinajstić information content (AvgIpc) is 2.82. The molecular formula is C16H29IN2. The molecule has 1 N–H and O–H groups in total. The zero-order chi connectivity index (χ0) is 14.1. The van der Waals surface area contributed by atoms with Gasteiger partial charge < -0.3 is 0 Å². The highest BCUT2D eigenvalue weighted by atomic mass is 127. The van der Waals surface area contributed by atoms with Crippen LogP contribution in [0.15, 0.2) is 6.20 Å². The van der Waals surface area contributed by atoms with Gasteiger partial charge >= 0.3 is 0 Å². The van der Waals surface area contributed by atoms with Crippen molar-refractivity contribution in [2.24, 2.45) is 0 Å². The quantitative estimate of drug-likeness (QED) is 0.404. The van der Waals surface area contributed by atoms with Crippen LogP contribution >= 0.6 is 22.6 Å². The van der Waals surface area contributed by atoms with Crippen LogP contribution in [0.3, 0.4) is 0 Å². The third-order valence-corrected chi connectivity index (χ3v) is 4.98. The number of nitrogens with one attached hydrogen (secondary N) is 1. The molecule has 19 heavy (non-hydrogen) atoms. The molecule has 0 aliphatic heterocycles. The summed E-state index contributed by atoms with van der Waals surface area (Å²) in [7, 11) is 0. The molecule has 1 heterocycles. The first-order valence-corrected chi connectivity index (χ1v) is 8.91. The number of H-pyrrole nitrogens is 1. The summed E-state index contributed by atoms with van der Waals surface area (Å²) in [6, 6.07) is 0. The molecule has 0 radical (unpaired) electrons. The minimum atomic E-state index is 0.312. The molecule has 1 aromatic rings. The van der Waals surface area contributed by atoms with E-state index in [4.69, 9.17) is 0 Å². The Labute approximate surface area is 132 Å². The number of hydrogen-bond donors (Lipinski definition) is 1. The fraction of sp³-hybridized carbons (Fsp3) is 0.812. The van der Waals surface area contributed by atoms with Gasteiger partial charge in [0.15, 0.2) is 0 Å². The fourth-order valence-electron chi connectivity index (χ4n) is 2.79. The van der Waals surface area contributed by atoms with Crippen LogP contribution in [0.1, 0.15) is 84.1 Å². The number of aromatic nitrogens is 2. The Balaban J connectivity index is 2.64. The van der Waals surface area contributed by atoms with Gasteiger partial charge in [0.1, 0.15) is 0 Å². The van der Waals surface area contributed by atoms with Crippen molar-refractivity contribution in [3.05, 3.63) is 15.5 Å². The van der Waals surface area contributed by atoms with E-state index in [2.05, 4.69) is 53.6 Å². The van der Waals surface area contributed by atoms with Crippen LogP contribution in [-0.4, -0.2) is 10.2 Å². The smallest absolute Gasteiger partial charge is 0.0994 e. The van der Waals surface area contributed by atoms with Crippen molar-refractivity contribution >= 4 is 22.6 Å². The number of halogens is 1. The molecule has 0 spiro atoms. The summed E-state index contributed by atoms with van der Waals surface area (Å²) < 4.78 is 1.23. The van der Waals surface area contributed by atoms with Crippen LogP contribution in [0.5, 0.6) is 0 Å². The van der Waals surface area contributed by atoms with Gasteiger partial charge in [-0.05, 0) is 40.8 Å². The maximum absolute atomic E-state index is 4.23. The number of unbranched alkanes of at least 4 members (excludes halogenated alkanes) is 5. The summed E-state index contributed by atoms with van der Waals surface area (Å²) in [6.07, 6.45) is 14.0. The van der Waals surface area contributed by atoms with Crippen LogP contribution in [0.25, 0.3) is 0 Å². The number of rotatable bonds is 10. The maximum atomic E-state index is 4.23. The van der Waals surface area contributed by atoms with Gasteiger partial charge in [-0.1, -0.05) is 65.7 Å². The largest absolute Gasteiger partial charge is 0.272 e. The van der Waals surface area contributed by atoms with E-state index < -0.39 is 0 Å². The van der Waals surface area contributed by atoms with E-state index in [1.807, 2.05) is 6.20 Å². The molecule has 1 unspecified atom stereocenters. The minimum Gasteiger partial charge on any atom is -0.272 e. The number of nitrogens with zero attached hydrogens (tertiary/aromatic N) is 1. The Hall–Kier alpha value is -0.0600. The summed E-state index contributed by atoms with van der Waals surface area (Å²) in [5.74, 6) is 0. The van der Waals surface area contributed by atoms with Crippen molar-refractivity contribution < 1.29 is 0 Å². The van der Waals surface area contributed by atoms with E-state index >= 15 is 0 Å². The van der Waals surface area contributed by atoms with E-state index in [1.54, 1.807) is 0 Å². The fourth-order valence-corrected chi connectivity index (χ4v) is 3.72. The molecule has 0 aliphatic rings. The molecule has 0 fully saturated rings. The predicted octanol–water partition coefficient (Wildman–Crippen LogP) is 5.82. The molecule has 110 valence electrons. The van der Waals surface area contributed by atoms with Crippen molar-refractivity contribution in [3.63, 3.8) is 0 Å². The van der Waals surface area contributed by atoms with E-state index in [0.29, 0.717) is 5.41 Å². The molecule has 0 saturated heterocycles. The SMILES string of the molecule is CCCCCCC(C)(CCCCC)c1cn[nH]c1I. The molecule has 3 heteroatoms. The van der Waals surface area contributed by atoms with E-state index in [9.17, 15) is 0 Å².